The molecule has 0 aromatic heterocycles. The van der Waals surface area contributed by atoms with Crippen molar-refractivity contribution < 1.29 is 14.3 Å². The van der Waals surface area contributed by atoms with Crippen molar-refractivity contribution >= 4 is 11.9 Å². The van der Waals surface area contributed by atoms with Gasteiger partial charge in [-0.25, -0.2) is 9.59 Å². The van der Waals surface area contributed by atoms with Crippen LogP contribution in [0.5, 0.6) is 0 Å². The minimum Gasteiger partial charge on any atom is -0.389 e. The van der Waals surface area contributed by atoms with Crippen molar-refractivity contribution in [1.82, 2.24) is 0 Å². The van der Waals surface area contributed by atoms with Gasteiger partial charge in [0.1, 0.15) is 6.04 Å². The van der Waals surface area contributed by atoms with Crippen molar-refractivity contribution in [3.8, 4) is 0 Å². The first-order chi connectivity index (χ1) is 6.34. The van der Waals surface area contributed by atoms with Gasteiger partial charge < -0.3 is 10.5 Å². The summed E-state index contributed by atoms with van der Waals surface area (Å²) >= 11 is 0. The van der Waals surface area contributed by atoms with Gasteiger partial charge in [-0.2, -0.15) is 0 Å². The lowest BCUT2D eigenvalue weighted by atomic mass is 10.1. The fraction of sp³-hybridized carbons (Fsp3) is 0.600. The van der Waals surface area contributed by atoms with E-state index in [1.165, 1.54) is 6.92 Å². The molecular weight excluding hydrogens is 182 g/mol. The van der Waals surface area contributed by atoms with Crippen molar-refractivity contribution in [3.63, 3.8) is 0 Å². The van der Waals surface area contributed by atoms with Crippen LogP contribution in [0.1, 0.15) is 27.2 Å². The molecule has 0 heterocycles. The van der Waals surface area contributed by atoms with Crippen molar-refractivity contribution in [3.05, 3.63) is 12.2 Å². The molecule has 0 saturated carbocycles. The molecule has 0 unspecified atom stereocenters. The van der Waals surface area contributed by atoms with Gasteiger partial charge in [-0.1, -0.05) is 20.4 Å². The fourth-order valence-electron chi connectivity index (χ4n) is 0.858. The van der Waals surface area contributed by atoms with E-state index in [0.29, 0.717) is 6.42 Å². The maximum absolute atomic E-state index is 11.2. The fourth-order valence-corrected chi connectivity index (χ4v) is 0.858. The summed E-state index contributed by atoms with van der Waals surface area (Å²) < 4.78 is 4.47. The molecule has 0 spiro atoms. The molecule has 1 atom stereocenters. The lowest BCUT2D eigenvalue weighted by molar-refractivity contribution is -0.158. The molecule has 80 valence electrons. The van der Waals surface area contributed by atoms with Crippen molar-refractivity contribution in [2.24, 2.45) is 11.7 Å². The largest absolute Gasteiger partial charge is 0.389 e. The van der Waals surface area contributed by atoms with Crippen LogP contribution in [0.4, 0.5) is 0 Å². The summed E-state index contributed by atoms with van der Waals surface area (Å²) in [6, 6.07) is -0.738. The van der Waals surface area contributed by atoms with Gasteiger partial charge >= 0.3 is 11.9 Å². The Kier molecular flexibility index (Phi) is 5.09. The van der Waals surface area contributed by atoms with Crippen LogP contribution in [0, 0.1) is 5.92 Å². The first-order valence-electron chi connectivity index (χ1n) is 4.51. The third-order valence-corrected chi connectivity index (χ3v) is 1.57. The molecule has 4 nitrogen and oxygen atoms in total. The Hall–Kier alpha value is -1.16. The second-order valence-electron chi connectivity index (χ2n) is 3.72. The quantitative estimate of drug-likeness (QED) is 0.416. The molecule has 0 aliphatic carbocycles. The molecular formula is C10H17NO3. The molecule has 0 aromatic rings. The topological polar surface area (TPSA) is 69.4 Å². The van der Waals surface area contributed by atoms with Crippen molar-refractivity contribution in [1.29, 1.82) is 0 Å². The second kappa shape index (κ2) is 5.54. The Balaban J connectivity index is 4.08. The average Bonchev–Trinajstić information content (AvgIpc) is 2.02. The van der Waals surface area contributed by atoms with Crippen LogP contribution in [0.3, 0.4) is 0 Å². The predicted molar refractivity (Wildman–Crippen MR) is 53.3 cm³/mol. The summed E-state index contributed by atoms with van der Waals surface area (Å²) in [6.07, 6.45) is 0.502. The Bertz CT molecular complexity index is 246. The molecule has 0 amide bonds. The lowest BCUT2D eigenvalue weighted by Crippen LogP contribution is -2.35. The molecule has 14 heavy (non-hydrogen) atoms. The maximum Gasteiger partial charge on any atom is 0.340 e. The van der Waals surface area contributed by atoms with E-state index in [-0.39, 0.29) is 11.5 Å². The van der Waals surface area contributed by atoms with Gasteiger partial charge in [0, 0.05) is 5.57 Å². The van der Waals surface area contributed by atoms with E-state index < -0.39 is 18.0 Å². The zero-order chi connectivity index (χ0) is 11.3. The molecule has 0 aliphatic rings. The van der Waals surface area contributed by atoms with Gasteiger partial charge in [-0.05, 0) is 19.3 Å². The van der Waals surface area contributed by atoms with E-state index in [0.717, 1.165) is 0 Å². The highest BCUT2D eigenvalue weighted by atomic mass is 16.6. The number of hydrogen-bond donors (Lipinski definition) is 1. The van der Waals surface area contributed by atoms with Crippen LogP contribution < -0.4 is 5.73 Å². The number of carbonyl (C=O) groups excluding carboxylic acids is 2. The van der Waals surface area contributed by atoms with Crippen LogP contribution in [0.15, 0.2) is 12.2 Å². The van der Waals surface area contributed by atoms with E-state index in [4.69, 9.17) is 5.73 Å². The number of hydrogen-bond acceptors (Lipinski definition) is 4. The van der Waals surface area contributed by atoms with Gasteiger partial charge in [-0.3, -0.25) is 0 Å². The molecule has 4 heteroatoms. The van der Waals surface area contributed by atoms with Crippen LogP contribution in [-0.2, 0) is 14.3 Å². The summed E-state index contributed by atoms with van der Waals surface area (Å²) in [5.41, 5.74) is 5.70. The van der Waals surface area contributed by atoms with Gasteiger partial charge in [0.15, 0.2) is 0 Å². The second-order valence-corrected chi connectivity index (χ2v) is 3.72. The Morgan fingerprint density at radius 3 is 2.29 bits per heavy atom. The van der Waals surface area contributed by atoms with Crippen LogP contribution in [0.2, 0.25) is 0 Å². The van der Waals surface area contributed by atoms with Gasteiger partial charge in [0.25, 0.3) is 0 Å². The van der Waals surface area contributed by atoms with E-state index in [1.54, 1.807) is 0 Å². The highest BCUT2D eigenvalue weighted by Crippen LogP contribution is 2.05. The number of ether oxygens (including phenoxy) is 1. The summed E-state index contributed by atoms with van der Waals surface area (Å²) in [5, 5.41) is 0. The molecule has 0 bridgehead atoms. The molecule has 0 fully saturated rings. The molecule has 0 saturated heterocycles. The number of esters is 2. The average molecular weight is 199 g/mol. The third-order valence-electron chi connectivity index (χ3n) is 1.57. The molecule has 0 aromatic carbocycles. The lowest BCUT2D eigenvalue weighted by Gasteiger charge is -2.11. The minimum atomic E-state index is -0.738. The van der Waals surface area contributed by atoms with E-state index in [9.17, 15) is 9.59 Å². The van der Waals surface area contributed by atoms with Gasteiger partial charge in [-0.15, -0.1) is 0 Å². The number of rotatable bonds is 4. The summed E-state index contributed by atoms with van der Waals surface area (Å²) in [6.45, 7) is 8.71. The van der Waals surface area contributed by atoms with Crippen LogP contribution in [-0.4, -0.2) is 18.0 Å². The third kappa shape index (κ3) is 4.77. The SMILES string of the molecule is C=C(C)C(=O)OC(=O)[C@@H](N)CC(C)C. The normalized spacial score (nSPS) is 12.4. The monoisotopic (exact) mass is 199 g/mol. The zero-order valence-electron chi connectivity index (χ0n) is 8.87. The van der Waals surface area contributed by atoms with Gasteiger partial charge in [0.2, 0.25) is 0 Å². The van der Waals surface area contributed by atoms with E-state index >= 15 is 0 Å². The van der Waals surface area contributed by atoms with Crippen LogP contribution in [0.25, 0.3) is 0 Å². The molecule has 0 rings (SSSR count). The minimum absolute atomic E-state index is 0.190. The molecule has 0 aliphatic heterocycles. The predicted octanol–water partition coefficient (Wildman–Crippen LogP) is 1.01. The first kappa shape index (κ1) is 12.8. The highest BCUT2D eigenvalue weighted by molar-refractivity contribution is 5.96. The van der Waals surface area contributed by atoms with Gasteiger partial charge in [0.05, 0.1) is 0 Å². The van der Waals surface area contributed by atoms with E-state index in [1.807, 2.05) is 13.8 Å². The van der Waals surface area contributed by atoms with Crippen molar-refractivity contribution in [2.45, 2.75) is 33.2 Å². The first-order valence-corrected chi connectivity index (χ1v) is 4.51. The zero-order valence-corrected chi connectivity index (χ0v) is 8.87. The van der Waals surface area contributed by atoms with Crippen molar-refractivity contribution in [2.75, 3.05) is 0 Å². The maximum atomic E-state index is 11.2. The Labute approximate surface area is 84.1 Å². The number of carbonyl (C=O) groups is 2. The standard InChI is InChI=1S/C10H17NO3/c1-6(2)5-8(11)10(13)14-9(12)7(3)4/h6,8H,3,5,11H2,1-2,4H3/t8-/m0/s1. The smallest absolute Gasteiger partial charge is 0.340 e. The Morgan fingerprint density at radius 2 is 1.93 bits per heavy atom. The summed E-state index contributed by atoms with van der Waals surface area (Å²) in [5.74, 6) is -1.11. The molecule has 0 radical (unpaired) electrons. The number of nitrogens with two attached hydrogens (primary N) is 1. The molecule has 2 N–H and O–H groups in total. The Morgan fingerprint density at radius 1 is 1.43 bits per heavy atom. The van der Waals surface area contributed by atoms with Crippen LogP contribution >= 0.6 is 0 Å². The van der Waals surface area contributed by atoms with E-state index in [2.05, 4.69) is 11.3 Å². The summed E-state index contributed by atoms with van der Waals surface area (Å²) in [7, 11) is 0. The highest BCUT2D eigenvalue weighted by Gasteiger charge is 2.19. The summed E-state index contributed by atoms with van der Waals surface area (Å²) in [4.78, 5) is 22.1.